The summed E-state index contributed by atoms with van der Waals surface area (Å²) in [6.45, 7) is 8.70. The van der Waals surface area contributed by atoms with Crippen molar-refractivity contribution in [2.75, 3.05) is 26.3 Å². The third-order valence-corrected chi connectivity index (χ3v) is 5.79. The highest BCUT2D eigenvalue weighted by atomic mass is 16.7. The molecule has 2 rings (SSSR count). The Hall–Kier alpha value is -3.12. The van der Waals surface area contributed by atoms with Gasteiger partial charge in [0.15, 0.2) is 0 Å². The molecule has 5 amide bonds. The van der Waals surface area contributed by atoms with Crippen LogP contribution in [-0.2, 0) is 43.1 Å². The lowest BCUT2D eigenvalue weighted by Gasteiger charge is -2.32. The van der Waals surface area contributed by atoms with E-state index in [0.717, 1.165) is 4.90 Å². The van der Waals surface area contributed by atoms with Crippen LogP contribution in [0.3, 0.4) is 0 Å². The van der Waals surface area contributed by atoms with Crippen LogP contribution in [0.25, 0.3) is 0 Å². The van der Waals surface area contributed by atoms with Gasteiger partial charge in [0.25, 0.3) is 23.6 Å². The first-order chi connectivity index (χ1) is 17.3. The van der Waals surface area contributed by atoms with Crippen LogP contribution in [0, 0.1) is 0 Å². The van der Waals surface area contributed by atoms with Gasteiger partial charge in [0, 0.05) is 57.5 Å². The Morgan fingerprint density at radius 2 is 1.51 bits per heavy atom. The van der Waals surface area contributed by atoms with E-state index in [-0.39, 0.29) is 38.1 Å². The van der Waals surface area contributed by atoms with Crippen LogP contribution < -0.4 is 5.32 Å². The number of carbonyl (C=O) groups is 6. The van der Waals surface area contributed by atoms with Gasteiger partial charge in [0.1, 0.15) is 0 Å². The molecule has 0 aromatic rings. The molecule has 1 saturated heterocycles. The van der Waals surface area contributed by atoms with Crippen molar-refractivity contribution in [2.45, 2.75) is 83.8 Å². The van der Waals surface area contributed by atoms with E-state index in [2.05, 4.69) is 5.32 Å². The first-order valence-electron chi connectivity index (χ1n) is 12.4. The van der Waals surface area contributed by atoms with Crippen LogP contribution in [0.15, 0.2) is 12.2 Å². The summed E-state index contributed by atoms with van der Waals surface area (Å²) in [6.07, 6.45) is 4.21. The van der Waals surface area contributed by atoms with E-state index in [1.807, 2.05) is 27.7 Å². The van der Waals surface area contributed by atoms with Gasteiger partial charge in [-0.05, 0) is 47.0 Å². The molecule has 0 aromatic heterocycles. The minimum atomic E-state index is -0.630. The zero-order valence-corrected chi connectivity index (χ0v) is 22.0. The van der Waals surface area contributed by atoms with Gasteiger partial charge in [0.2, 0.25) is 5.91 Å². The molecule has 1 N–H and O–H groups in total. The summed E-state index contributed by atoms with van der Waals surface area (Å²) in [4.78, 5) is 75.7. The average molecular weight is 524 g/mol. The second-order valence-electron chi connectivity index (χ2n) is 10.2. The van der Waals surface area contributed by atoms with Crippen molar-refractivity contribution in [3.8, 4) is 0 Å². The molecule has 206 valence electrons. The van der Waals surface area contributed by atoms with Gasteiger partial charge in [-0.15, -0.1) is 5.06 Å². The topological polar surface area (TPSA) is 149 Å². The van der Waals surface area contributed by atoms with Crippen LogP contribution in [0.4, 0.5) is 0 Å². The molecule has 1 fully saturated rings. The monoisotopic (exact) mass is 523 g/mol. The van der Waals surface area contributed by atoms with Crippen molar-refractivity contribution in [3.63, 3.8) is 0 Å². The second-order valence-corrected chi connectivity index (χ2v) is 10.2. The molecule has 37 heavy (non-hydrogen) atoms. The average Bonchev–Trinajstić information content (AvgIpc) is 3.31. The molecular formula is C25H37N3O9. The molecule has 0 saturated carbocycles. The van der Waals surface area contributed by atoms with Crippen LogP contribution in [0.1, 0.15) is 72.6 Å². The molecule has 0 atom stereocenters. The van der Waals surface area contributed by atoms with Crippen molar-refractivity contribution in [3.05, 3.63) is 12.2 Å². The number of unbranched alkanes of at least 4 members (excludes halogenated alkanes) is 1. The quantitative estimate of drug-likeness (QED) is 0.232. The fourth-order valence-electron chi connectivity index (χ4n) is 3.46. The third-order valence-electron chi connectivity index (χ3n) is 5.79. The first kappa shape index (κ1) is 30.1. The van der Waals surface area contributed by atoms with E-state index < -0.39 is 40.8 Å². The summed E-state index contributed by atoms with van der Waals surface area (Å²) in [6, 6.07) is 0. The van der Waals surface area contributed by atoms with Crippen LogP contribution in [0.5, 0.6) is 0 Å². The molecule has 0 aliphatic carbocycles. The summed E-state index contributed by atoms with van der Waals surface area (Å²) in [5, 5.41) is 3.32. The number of amides is 5. The van der Waals surface area contributed by atoms with Crippen LogP contribution >= 0.6 is 0 Å². The molecule has 0 spiro atoms. The summed E-state index contributed by atoms with van der Waals surface area (Å²) in [7, 11) is 0. The summed E-state index contributed by atoms with van der Waals surface area (Å²) >= 11 is 0. The minimum absolute atomic E-state index is 0.0353. The first-order valence-corrected chi connectivity index (χ1v) is 12.4. The van der Waals surface area contributed by atoms with Crippen molar-refractivity contribution >= 4 is 35.5 Å². The van der Waals surface area contributed by atoms with E-state index in [0.29, 0.717) is 44.1 Å². The second kappa shape index (κ2) is 13.4. The van der Waals surface area contributed by atoms with Crippen LogP contribution in [0.2, 0.25) is 0 Å². The van der Waals surface area contributed by atoms with Crippen molar-refractivity contribution in [2.24, 2.45) is 0 Å². The Kier molecular flexibility index (Phi) is 10.9. The number of imide groups is 2. The Morgan fingerprint density at radius 1 is 0.892 bits per heavy atom. The van der Waals surface area contributed by atoms with Gasteiger partial charge in [-0.25, -0.2) is 4.79 Å². The molecule has 0 aromatic carbocycles. The lowest BCUT2D eigenvalue weighted by molar-refractivity contribution is -0.197. The normalized spacial score (nSPS) is 16.2. The fourth-order valence-corrected chi connectivity index (χ4v) is 3.46. The summed E-state index contributed by atoms with van der Waals surface area (Å²) in [5.74, 6) is -2.71. The van der Waals surface area contributed by atoms with Crippen LogP contribution in [-0.4, -0.2) is 83.0 Å². The Balaban J connectivity index is 1.55. The number of nitrogens with zero attached hydrogens (tertiary/aromatic N) is 2. The molecule has 12 heteroatoms. The molecule has 2 aliphatic heterocycles. The van der Waals surface area contributed by atoms with Gasteiger partial charge < -0.3 is 19.6 Å². The Labute approximate surface area is 216 Å². The number of nitrogens with one attached hydrogen (secondary N) is 1. The van der Waals surface area contributed by atoms with Gasteiger partial charge in [-0.1, -0.05) is 0 Å². The highest BCUT2D eigenvalue weighted by Gasteiger charge is 2.32. The fraction of sp³-hybridized carbons (Fsp3) is 0.680. The van der Waals surface area contributed by atoms with Crippen molar-refractivity contribution in [1.82, 2.24) is 15.3 Å². The zero-order chi connectivity index (χ0) is 27.6. The number of hydroxylamine groups is 2. The maximum absolute atomic E-state index is 12.0. The van der Waals surface area contributed by atoms with E-state index in [4.69, 9.17) is 14.3 Å². The van der Waals surface area contributed by atoms with Gasteiger partial charge >= 0.3 is 5.97 Å². The molecule has 2 heterocycles. The predicted octanol–water partition coefficient (Wildman–Crippen LogP) is 1.18. The third kappa shape index (κ3) is 10.4. The smallest absolute Gasteiger partial charge is 0.333 e. The maximum atomic E-state index is 12.0. The van der Waals surface area contributed by atoms with Gasteiger partial charge in [-0.2, -0.15) is 0 Å². The molecule has 0 bridgehead atoms. The summed E-state index contributed by atoms with van der Waals surface area (Å²) < 4.78 is 11.9. The molecule has 12 nitrogen and oxygen atoms in total. The SMILES string of the molecule is CC(C)(CCNC(=O)CCN1C(=O)C=CC1=O)OCC(C)(C)OCCCCC(=O)ON1C(=O)CCC1=O. The largest absolute Gasteiger partial charge is 0.373 e. The van der Waals surface area contributed by atoms with Gasteiger partial charge in [-0.3, -0.25) is 28.9 Å². The highest BCUT2D eigenvalue weighted by Crippen LogP contribution is 2.20. The van der Waals surface area contributed by atoms with E-state index in [1.165, 1.54) is 12.2 Å². The van der Waals surface area contributed by atoms with E-state index >= 15 is 0 Å². The molecular weight excluding hydrogens is 486 g/mol. The number of ether oxygens (including phenoxy) is 2. The predicted molar refractivity (Wildman–Crippen MR) is 129 cm³/mol. The summed E-state index contributed by atoms with van der Waals surface area (Å²) in [5.41, 5.74) is -1.12. The molecule has 0 radical (unpaired) electrons. The molecule has 2 aliphatic rings. The van der Waals surface area contributed by atoms with E-state index in [1.54, 1.807) is 0 Å². The number of hydrogen-bond donors (Lipinski definition) is 1. The zero-order valence-electron chi connectivity index (χ0n) is 22.0. The lowest BCUT2D eigenvalue weighted by Crippen LogP contribution is -2.39. The molecule has 0 unspecified atom stereocenters. The lowest BCUT2D eigenvalue weighted by atomic mass is 10.0. The Bertz CT molecular complexity index is 892. The number of carbonyl (C=O) groups excluding carboxylic acids is 6. The van der Waals surface area contributed by atoms with Crippen molar-refractivity contribution in [1.29, 1.82) is 0 Å². The standard InChI is InChI=1S/C25H37N3O9/c1-24(2,13-14-26-18(29)12-15-27-19(30)8-9-20(27)31)36-17-25(3,4)35-16-6-5-7-23(34)37-28-21(32)10-11-22(28)33/h8-9H,5-7,10-17H2,1-4H3,(H,26,29). The van der Waals surface area contributed by atoms with Gasteiger partial charge in [0.05, 0.1) is 17.8 Å². The van der Waals surface area contributed by atoms with E-state index in [9.17, 15) is 28.8 Å². The minimum Gasteiger partial charge on any atom is -0.373 e. The number of rotatable bonds is 16. The maximum Gasteiger partial charge on any atom is 0.333 e. The highest BCUT2D eigenvalue weighted by molar-refractivity contribution is 6.13. The number of hydrogen-bond acceptors (Lipinski definition) is 9. The Morgan fingerprint density at radius 3 is 2.14 bits per heavy atom. The van der Waals surface area contributed by atoms with Crippen molar-refractivity contribution < 1.29 is 43.1 Å².